The molecule has 0 aliphatic rings. The van der Waals surface area contributed by atoms with Gasteiger partial charge in [0.25, 0.3) is 0 Å². The number of amides is 2. The van der Waals surface area contributed by atoms with Gasteiger partial charge in [0.1, 0.15) is 10.8 Å². The van der Waals surface area contributed by atoms with E-state index >= 15 is 0 Å². The largest absolute Gasteiger partial charge is 0.433 e. The third-order valence-electron chi connectivity index (χ3n) is 2.91. The van der Waals surface area contributed by atoms with E-state index in [-0.39, 0.29) is 0 Å². The fourth-order valence-corrected chi connectivity index (χ4v) is 1.74. The number of oxime groups is 1. The van der Waals surface area contributed by atoms with Gasteiger partial charge < -0.3 is 15.4 Å². The molecule has 25 heavy (non-hydrogen) atoms. The number of carbonyl (C=O) groups excluding carboxylic acids is 2. The van der Waals surface area contributed by atoms with E-state index in [0.29, 0.717) is 10.8 Å². The Morgan fingerprint density at radius 1 is 1.00 bits per heavy atom. The molecule has 0 heterocycles. The molecule has 7 nitrogen and oxygen atoms in total. The minimum Gasteiger partial charge on any atom is -0.410 e. The highest BCUT2D eigenvalue weighted by atomic mass is 32.2. The number of benzene rings is 2. The molecule has 0 bridgehead atoms. The van der Waals surface area contributed by atoms with Crippen molar-refractivity contribution in [2.45, 2.75) is 6.92 Å². The molecule has 0 unspecified atom stereocenters. The van der Waals surface area contributed by atoms with Gasteiger partial charge in [-0.2, -0.15) is 0 Å². The van der Waals surface area contributed by atoms with Gasteiger partial charge in [0.05, 0.1) is 0 Å². The van der Waals surface area contributed by atoms with Crippen molar-refractivity contribution in [2.75, 3.05) is 20.4 Å². The number of rotatable bonds is 2. The Labute approximate surface area is 150 Å². The minimum atomic E-state index is -0.548. The van der Waals surface area contributed by atoms with E-state index in [4.69, 9.17) is 4.74 Å². The predicted molar refractivity (Wildman–Crippen MR) is 101 cm³/mol. The Balaban J connectivity index is 0.000000275. The maximum Gasteiger partial charge on any atom is 0.433 e. The van der Waals surface area contributed by atoms with Gasteiger partial charge in [0.15, 0.2) is 0 Å². The predicted octanol–water partition coefficient (Wildman–Crippen LogP) is 3.60. The van der Waals surface area contributed by atoms with Crippen molar-refractivity contribution in [3.8, 4) is 5.75 Å². The van der Waals surface area contributed by atoms with Crippen LogP contribution in [-0.2, 0) is 4.84 Å². The average molecular weight is 363 g/mol. The lowest BCUT2D eigenvalue weighted by atomic mass is 10.1. The number of hydrogen-bond acceptors (Lipinski definition) is 6. The molecule has 0 fully saturated rings. The van der Waals surface area contributed by atoms with E-state index in [1.54, 1.807) is 13.0 Å². The highest BCUT2D eigenvalue weighted by Gasteiger charge is 2.04. The van der Waals surface area contributed by atoms with Crippen molar-refractivity contribution < 1.29 is 19.2 Å². The van der Waals surface area contributed by atoms with Crippen molar-refractivity contribution in [3.05, 3.63) is 42.5 Å². The lowest BCUT2D eigenvalue weighted by Gasteiger charge is -2.06. The summed E-state index contributed by atoms with van der Waals surface area (Å²) in [4.78, 5) is 25.8. The van der Waals surface area contributed by atoms with Gasteiger partial charge in [-0.05, 0) is 24.6 Å². The molecule has 0 aromatic heterocycles. The van der Waals surface area contributed by atoms with Crippen LogP contribution in [0.5, 0.6) is 5.75 Å². The van der Waals surface area contributed by atoms with Crippen LogP contribution in [0, 0.1) is 0 Å². The Morgan fingerprint density at radius 3 is 2.28 bits per heavy atom. The summed E-state index contributed by atoms with van der Waals surface area (Å²) >= 11 is 1.42. The number of carbonyl (C=O) groups is 2. The summed E-state index contributed by atoms with van der Waals surface area (Å²) in [5, 5.41) is 10.9. The van der Waals surface area contributed by atoms with Gasteiger partial charge in [-0.1, -0.05) is 41.6 Å². The zero-order chi connectivity index (χ0) is 18.7. The molecule has 2 rings (SSSR count). The molecule has 2 aromatic rings. The van der Waals surface area contributed by atoms with Gasteiger partial charge in [0, 0.05) is 19.5 Å². The van der Waals surface area contributed by atoms with E-state index in [2.05, 4.69) is 20.6 Å². The van der Waals surface area contributed by atoms with Gasteiger partial charge in [0.2, 0.25) is 0 Å². The molecule has 2 N–H and O–H groups in total. The van der Waals surface area contributed by atoms with E-state index in [1.165, 1.54) is 25.9 Å². The van der Waals surface area contributed by atoms with E-state index < -0.39 is 12.2 Å². The Kier molecular flexibility index (Phi) is 8.87. The van der Waals surface area contributed by atoms with Crippen molar-refractivity contribution in [2.24, 2.45) is 5.16 Å². The second kappa shape index (κ2) is 10.9. The molecule has 0 saturated carbocycles. The molecular weight excluding hydrogens is 342 g/mol. The van der Waals surface area contributed by atoms with Gasteiger partial charge >= 0.3 is 12.2 Å². The first-order valence-corrected chi connectivity index (χ1v) is 8.59. The lowest BCUT2D eigenvalue weighted by Crippen LogP contribution is -2.22. The normalized spacial score (nSPS) is 10.3. The molecule has 2 amide bonds. The molecule has 0 radical (unpaired) electrons. The van der Waals surface area contributed by atoms with Gasteiger partial charge in [-0.25, -0.2) is 9.59 Å². The number of fused-ring (bicyclic) bond motifs is 1. The third kappa shape index (κ3) is 7.13. The molecule has 134 valence electrons. The summed E-state index contributed by atoms with van der Waals surface area (Å²) in [6.07, 6.45) is 0.853. The van der Waals surface area contributed by atoms with Gasteiger partial charge in [-0.3, -0.25) is 4.84 Å². The number of nitrogens with zero attached hydrogens (tertiary/aromatic N) is 1. The van der Waals surface area contributed by atoms with Crippen LogP contribution in [0.15, 0.2) is 47.6 Å². The number of thioether (sulfide) groups is 1. The zero-order valence-electron chi connectivity index (χ0n) is 14.5. The molecule has 0 aliphatic carbocycles. The Morgan fingerprint density at radius 2 is 1.64 bits per heavy atom. The Hall–Kier alpha value is -2.74. The maximum absolute atomic E-state index is 11.1. The maximum atomic E-state index is 11.1. The van der Waals surface area contributed by atoms with Crippen LogP contribution >= 0.6 is 11.8 Å². The topological polar surface area (TPSA) is 89.0 Å². The molecular formula is C17H21N3O4S. The number of nitrogens with one attached hydrogen (secondary N) is 2. The second-order valence-electron chi connectivity index (χ2n) is 4.56. The van der Waals surface area contributed by atoms with Crippen LogP contribution in [0.2, 0.25) is 0 Å². The Bertz CT molecular complexity index is 744. The molecule has 8 heteroatoms. The number of ether oxygens (including phenoxy) is 1. The fraction of sp³-hybridized carbons (Fsp3) is 0.235. The van der Waals surface area contributed by atoms with E-state index in [1.807, 2.05) is 42.7 Å². The smallest absolute Gasteiger partial charge is 0.410 e. The van der Waals surface area contributed by atoms with Crippen LogP contribution in [0.25, 0.3) is 10.8 Å². The highest BCUT2D eigenvalue weighted by Crippen LogP contribution is 2.24. The SMILES string of the molecule is CNC(=O)O/N=C(\C)SC.CNC(=O)Oc1cccc2ccccc12. The summed E-state index contributed by atoms with van der Waals surface area (Å²) in [6, 6.07) is 13.4. The first-order chi connectivity index (χ1) is 12.0. The average Bonchev–Trinajstić information content (AvgIpc) is 2.66. The zero-order valence-corrected chi connectivity index (χ0v) is 15.3. The molecule has 0 atom stereocenters. The van der Waals surface area contributed by atoms with Crippen molar-refractivity contribution in [1.82, 2.24) is 10.6 Å². The summed E-state index contributed by atoms with van der Waals surface area (Å²) in [7, 11) is 3.01. The highest BCUT2D eigenvalue weighted by molar-refractivity contribution is 8.13. The van der Waals surface area contributed by atoms with Crippen LogP contribution < -0.4 is 15.4 Å². The van der Waals surface area contributed by atoms with Crippen LogP contribution in [-0.4, -0.2) is 37.6 Å². The van der Waals surface area contributed by atoms with Crippen LogP contribution in [0.3, 0.4) is 0 Å². The van der Waals surface area contributed by atoms with E-state index in [9.17, 15) is 9.59 Å². The standard InChI is InChI=1S/C12H11NO2.C5H10N2O2S/c1-13-12(14)15-11-8-4-6-9-5-2-3-7-10(9)11;1-4(10-3)7-9-5(8)6-2/h2-8H,1H3,(H,13,14);1-3H3,(H,6,8)/b;7-4+. The molecule has 0 aliphatic heterocycles. The summed E-state index contributed by atoms with van der Waals surface area (Å²) in [6.45, 7) is 1.76. The first-order valence-electron chi connectivity index (χ1n) is 7.36. The number of hydrogen-bond donors (Lipinski definition) is 2. The monoisotopic (exact) mass is 363 g/mol. The van der Waals surface area contributed by atoms with Crippen molar-refractivity contribution in [1.29, 1.82) is 0 Å². The van der Waals surface area contributed by atoms with Crippen molar-refractivity contribution in [3.63, 3.8) is 0 Å². The summed E-state index contributed by atoms with van der Waals surface area (Å²) in [5.41, 5.74) is 0. The van der Waals surface area contributed by atoms with Crippen LogP contribution in [0.1, 0.15) is 6.92 Å². The van der Waals surface area contributed by atoms with Gasteiger partial charge in [-0.15, -0.1) is 11.8 Å². The molecule has 0 saturated heterocycles. The first kappa shape index (κ1) is 20.3. The fourth-order valence-electron chi connectivity index (χ4n) is 1.62. The van der Waals surface area contributed by atoms with Crippen LogP contribution in [0.4, 0.5) is 9.59 Å². The second-order valence-corrected chi connectivity index (χ2v) is 5.56. The summed E-state index contributed by atoms with van der Waals surface area (Å²) in [5.74, 6) is 0.576. The summed E-state index contributed by atoms with van der Waals surface area (Å²) < 4.78 is 5.13. The van der Waals surface area contributed by atoms with Crippen molar-refractivity contribution >= 4 is 39.8 Å². The van der Waals surface area contributed by atoms with E-state index in [0.717, 1.165) is 10.8 Å². The lowest BCUT2D eigenvalue weighted by molar-refractivity contribution is 0.153. The minimum absolute atomic E-state index is 0.452. The molecule has 0 spiro atoms. The molecule has 2 aromatic carbocycles. The quantitative estimate of drug-likeness (QED) is 0.368. The third-order valence-corrected chi connectivity index (χ3v) is 3.58.